The second kappa shape index (κ2) is 16.7. The molecular weight excluding hydrogens is 156 g/mol. The average molecular weight is 179 g/mol. The van der Waals surface area contributed by atoms with E-state index in [1.165, 1.54) is 32.1 Å². The maximum atomic E-state index is 5.30. The van der Waals surface area contributed by atoms with Crippen molar-refractivity contribution in [3.8, 4) is 0 Å². The summed E-state index contributed by atoms with van der Waals surface area (Å²) in [5.74, 6) is 0.816. The normalized spacial score (nSPS) is 8.73. The van der Waals surface area contributed by atoms with Crippen molar-refractivity contribution in [2.75, 3.05) is 5.88 Å². The van der Waals surface area contributed by atoms with Gasteiger partial charge in [-0.15, -0.1) is 11.6 Å². The van der Waals surface area contributed by atoms with E-state index in [4.69, 9.17) is 11.6 Å². The van der Waals surface area contributed by atoms with Gasteiger partial charge in [0.25, 0.3) is 0 Å². The lowest BCUT2D eigenvalue weighted by Crippen LogP contribution is -1.66. The van der Waals surface area contributed by atoms with E-state index < -0.39 is 0 Å². The van der Waals surface area contributed by atoms with E-state index in [2.05, 4.69) is 20.8 Å². The lowest BCUT2D eigenvalue weighted by Gasteiger charge is -1.86. The molecule has 0 saturated heterocycles. The summed E-state index contributed by atoms with van der Waals surface area (Å²) in [6, 6.07) is 0. The van der Waals surface area contributed by atoms with Crippen LogP contribution >= 0.6 is 11.6 Å². The average Bonchev–Trinajstić information content (AvgIpc) is 2.04. The van der Waals surface area contributed by atoms with Crippen molar-refractivity contribution in [3.05, 3.63) is 0 Å². The Morgan fingerprint density at radius 1 is 0.727 bits per heavy atom. The molecule has 1 heteroatoms. The van der Waals surface area contributed by atoms with Crippen molar-refractivity contribution in [1.29, 1.82) is 0 Å². The third-order valence-corrected chi connectivity index (χ3v) is 1.71. The van der Waals surface area contributed by atoms with Crippen molar-refractivity contribution in [1.82, 2.24) is 0 Å². The highest BCUT2D eigenvalue weighted by Gasteiger charge is 1.75. The molecule has 0 spiro atoms. The van der Waals surface area contributed by atoms with Gasteiger partial charge in [-0.05, 0) is 6.42 Å². The van der Waals surface area contributed by atoms with Gasteiger partial charge in [-0.2, -0.15) is 0 Å². The Labute approximate surface area is 77.3 Å². The Morgan fingerprint density at radius 2 is 1.09 bits per heavy atom. The molecule has 0 rings (SSSR count). The number of halogens is 1. The first-order chi connectivity index (χ1) is 5.33. The summed E-state index contributed by atoms with van der Waals surface area (Å²) in [6.45, 7) is 6.59. The van der Waals surface area contributed by atoms with Gasteiger partial charge in [-0.25, -0.2) is 0 Å². The summed E-state index contributed by atoms with van der Waals surface area (Å²) >= 11 is 5.30. The predicted octanol–water partition coefficient (Wildman–Crippen LogP) is 4.61. The molecule has 0 aliphatic rings. The summed E-state index contributed by atoms with van der Waals surface area (Å²) < 4.78 is 0. The van der Waals surface area contributed by atoms with E-state index >= 15 is 0 Å². The Hall–Kier alpha value is 0.290. The highest BCUT2D eigenvalue weighted by molar-refractivity contribution is 6.17. The zero-order chi connectivity index (χ0) is 8.95. The largest absolute Gasteiger partial charge is 0.127 e. The van der Waals surface area contributed by atoms with Crippen LogP contribution in [-0.2, 0) is 0 Å². The number of alkyl halides is 1. The molecule has 0 atom stereocenters. The fourth-order valence-corrected chi connectivity index (χ4v) is 0.901. The minimum atomic E-state index is 0.816. The van der Waals surface area contributed by atoms with Crippen LogP contribution in [0.5, 0.6) is 0 Å². The van der Waals surface area contributed by atoms with Gasteiger partial charge in [0.1, 0.15) is 0 Å². The number of rotatable bonds is 5. The van der Waals surface area contributed by atoms with Crippen LogP contribution in [-0.4, -0.2) is 5.88 Å². The second-order valence-electron chi connectivity index (χ2n) is 2.75. The monoisotopic (exact) mass is 178 g/mol. The smallest absolute Gasteiger partial charge is 0.0223 e. The van der Waals surface area contributed by atoms with Crippen molar-refractivity contribution in [2.45, 2.75) is 59.3 Å². The Balaban J connectivity index is 0. The Morgan fingerprint density at radius 3 is 1.18 bits per heavy atom. The maximum Gasteiger partial charge on any atom is 0.0223 e. The summed E-state index contributed by atoms with van der Waals surface area (Å²) in [4.78, 5) is 0. The fourth-order valence-electron chi connectivity index (χ4n) is 0.634. The molecule has 0 aliphatic heterocycles. The molecule has 70 valence electrons. The molecular formula is C10H23Cl. The summed E-state index contributed by atoms with van der Waals surface area (Å²) in [5.41, 5.74) is 0. The molecule has 0 N–H and O–H groups in total. The van der Waals surface area contributed by atoms with Gasteiger partial charge >= 0.3 is 0 Å². The molecule has 0 fully saturated rings. The third-order valence-electron chi connectivity index (χ3n) is 1.44. The van der Waals surface area contributed by atoms with Crippen LogP contribution in [0.2, 0.25) is 0 Å². The molecule has 0 aromatic carbocycles. The lowest BCUT2D eigenvalue weighted by molar-refractivity contribution is 0.702. The van der Waals surface area contributed by atoms with Crippen LogP contribution in [0.1, 0.15) is 59.3 Å². The minimum absolute atomic E-state index is 0.816. The third kappa shape index (κ3) is 25.3. The Bertz CT molecular complexity index is 38.1. The zero-order valence-electron chi connectivity index (χ0n) is 8.33. The van der Waals surface area contributed by atoms with Gasteiger partial charge in [0, 0.05) is 5.88 Å². The predicted molar refractivity (Wildman–Crippen MR) is 55.4 cm³/mol. The van der Waals surface area contributed by atoms with Crippen LogP contribution in [0, 0.1) is 0 Å². The molecule has 0 radical (unpaired) electrons. The molecule has 0 heterocycles. The van der Waals surface area contributed by atoms with Crippen LogP contribution < -0.4 is 0 Å². The molecule has 11 heavy (non-hydrogen) atoms. The molecule has 0 nitrogen and oxygen atoms in total. The quantitative estimate of drug-likeness (QED) is 0.426. The van der Waals surface area contributed by atoms with Gasteiger partial charge in [0.15, 0.2) is 0 Å². The zero-order valence-corrected chi connectivity index (χ0v) is 9.08. The first kappa shape index (κ1) is 13.9. The van der Waals surface area contributed by atoms with Crippen molar-refractivity contribution in [3.63, 3.8) is 0 Å². The van der Waals surface area contributed by atoms with Gasteiger partial charge < -0.3 is 0 Å². The summed E-state index contributed by atoms with van der Waals surface area (Å²) in [5, 5.41) is 0. The van der Waals surface area contributed by atoms with Gasteiger partial charge in [0.2, 0.25) is 0 Å². The van der Waals surface area contributed by atoms with Gasteiger partial charge in [-0.3, -0.25) is 0 Å². The van der Waals surface area contributed by atoms with Gasteiger partial charge in [0.05, 0.1) is 0 Å². The van der Waals surface area contributed by atoms with Crippen molar-refractivity contribution in [2.24, 2.45) is 0 Å². The van der Waals surface area contributed by atoms with E-state index in [-0.39, 0.29) is 0 Å². The highest BCUT2D eigenvalue weighted by atomic mass is 35.5. The standard InChI is InChI=1S/C6H14.C4H9Cl/c1-3-5-6-4-2;1-2-3-4-5/h3-6H2,1-2H3;2-4H2,1H3. The molecule has 0 aromatic heterocycles. The number of unbranched alkanes of at least 4 members (excludes halogenated alkanes) is 4. The minimum Gasteiger partial charge on any atom is -0.127 e. The van der Waals surface area contributed by atoms with Gasteiger partial charge in [-0.1, -0.05) is 52.9 Å². The number of hydrogen-bond acceptors (Lipinski definition) is 0. The van der Waals surface area contributed by atoms with E-state index in [1.54, 1.807) is 0 Å². The molecule has 0 aromatic rings. The molecule has 0 amide bonds. The second-order valence-corrected chi connectivity index (χ2v) is 3.13. The highest BCUT2D eigenvalue weighted by Crippen LogP contribution is 1.95. The molecule has 0 aliphatic carbocycles. The first-order valence-electron chi connectivity index (χ1n) is 4.89. The molecule has 0 bridgehead atoms. The van der Waals surface area contributed by atoms with Crippen LogP contribution in [0.25, 0.3) is 0 Å². The molecule has 0 unspecified atom stereocenters. The van der Waals surface area contributed by atoms with E-state index in [0.717, 1.165) is 12.3 Å². The Kier molecular flexibility index (Phi) is 21.0. The van der Waals surface area contributed by atoms with Crippen LogP contribution in [0.4, 0.5) is 0 Å². The van der Waals surface area contributed by atoms with Crippen LogP contribution in [0.3, 0.4) is 0 Å². The van der Waals surface area contributed by atoms with Crippen LogP contribution in [0.15, 0.2) is 0 Å². The van der Waals surface area contributed by atoms with E-state index in [0.29, 0.717) is 0 Å². The van der Waals surface area contributed by atoms with E-state index in [9.17, 15) is 0 Å². The van der Waals surface area contributed by atoms with E-state index in [1.807, 2.05) is 0 Å². The topological polar surface area (TPSA) is 0 Å². The maximum absolute atomic E-state index is 5.30. The molecule has 0 saturated carbocycles. The SMILES string of the molecule is CCCCCC.CCCCCl. The first-order valence-corrected chi connectivity index (χ1v) is 5.42. The summed E-state index contributed by atoms with van der Waals surface area (Å²) in [6.07, 6.45) is 7.90. The van der Waals surface area contributed by atoms with Crippen molar-refractivity contribution >= 4 is 11.6 Å². The summed E-state index contributed by atoms with van der Waals surface area (Å²) in [7, 11) is 0. The fraction of sp³-hybridized carbons (Fsp3) is 1.00. The van der Waals surface area contributed by atoms with Crippen molar-refractivity contribution < 1.29 is 0 Å². The number of hydrogen-bond donors (Lipinski definition) is 0. The lowest BCUT2D eigenvalue weighted by atomic mass is 10.2.